The van der Waals surface area contributed by atoms with E-state index in [1.54, 1.807) is 6.33 Å². The van der Waals surface area contributed by atoms with Crippen LogP contribution in [0, 0.1) is 12.3 Å². The van der Waals surface area contributed by atoms with Crippen LogP contribution in [0.3, 0.4) is 0 Å². The van der Waals surface area contributed by atoms with E-state index in [-0.39, 0.29) is 18.0 Å². The zero-order chi connectivity index (χ0) is 19.9. The molecular weight excluding hydrogens is 348 g/mol. The summed E-state index contributed by atoms with van der Waals surface area (Å²) >= 11 is 0. The summed E-state index contributed by atoms with van der Waals surface area (Å²) in [7, 11) is 0. The van der Waals surface area contributed by atoms with E-state index in [0.29, 0.717) is 5.95 Å². The minimum Gasteiger partial charge on any atom is -0.274 e. The lowest BCUT2D eigenvalue weighted by Gasteiger charge is -2.41. The number of fused-ring (bicyclic) bond motifs is 1. The van der Waals surface area contributed by atoms with E-state index < -0.39 is 5.41 Å². The topological polar surface area (TPSA) is 51.0 Å². The van der Waals surface area contributed by atoms with Crippen molar-refractivity contribution < 1.29 is 4.79 Å². The molecule has 2 heterocycles. The Labute approximate surface area is 166 Å². The molecule has 0 aliphatic carbocycles. The van der Waals surface area contributed by atoms with Gasteiger partial charge in [-0.1, -0.05) is 80.9 Å². The summed E-state index contributed by atoms with van der Waals surface area (Å²) in [6.07, 6.45) is 2.30. The van der Waals surface area contributed by atoms with Crippen LogP contribution in [0.5, 0.6) is 0 Å². The van der Waals surface area contributed by atoms with Crippen molar-refractivity contribution in [2.24, 2.45) is 5.41 Å². The van der Waals surface area contributed by atoms with Crippen LogP contribution in [-0.2, 0) is 4.79 Å². The standard InChI is InChI=1S/C23H26N4O/c1-16-10-12-18(13-11-16)19-14-20(17-8-6-5-7-9-17)27-22(24-15-25-27)26(19)21(28)23(2,3)4/h5-13,15,19-20H,14H2,1-4H3/t19-,20+/m0/s1. The summed E-state index contributed by atoms with van der Waals surface area (Å²) in [5.41, 5.74) is 2.99. The number of hydrogen-bond acceptors (Lipinski definition) is 3. The Morgan fingerprint density at radius 2 is 1.61 bits per heavy atom. The van der Waals surface area contributed by atoms with Crippen molar-refractivity contribution in [2.45, 2.75) is 46.2 Å². The van der Waals surface area contributed by atoms with Crippen LogP contribution in [0.4, 0.5) is 5.95 Å². The molecule has 1 aromatic heterocycles. The Morgan fingerprint density at radius 1 is 0.964 bits per heavy atom. The highest BCUT2D eigenvalue weighted by atomic mass is 16.2. The predicted octanol–water partition coefficient (Wildman–Crippen LogP) is 4.70. The van der Waals surface area contributed by atoms with Gasteiger partial charge < -0.3 is 0 Å². The lowest BCUT2D eigenvalue weighted by molar-refractivity contribution is -0.126. The molecule has 28 heavy (non-hydrogen) atoms. The van der Waals surface area contributed by atoms with Crippen molar-refractivity contribution in [1.29, 1.82) is 0 Å². The molecule has 2 aromatic carbocycles. The van der Waals surface area contributed by atoms with Crippen LogP contribution < -0.4 is 4.90 Å². The van der Waals surface area contributed by atoms with Crippen molar-refractivity contribution in [3.63, 3.8) is 0 Å². The maximum Gasteiger partial charge on any atom is 0.235 e. The highest BCUT2D eigenvalue weighted by Gasteiger charge is 2.42. The molecule has 2 atom stereocenters. The Morgan fingerprint density at radius 3 is 2.25 bits per heavy atom. The molecule has 0 unspecified atom stereocenters. The number of anilines is 1. The van der Waals surface area contributed by atoms with Crippen LogP contribution in [0.25, 0.3) is 0 Å². The maximum atomic E-state index is 13.4. The smallest absolute Gasteiger partial charge is 0.235 e. The fraction of sp³-hybridized carbons (Fsp3) is 0.348. The summed E-state index contributed by atoms with van der Waals surface area (Å²) < 4.78 is 1.89. The minimum atomic E-state index is -0.515. The molecule has 1 amide bonds. The van der Waals surface area contributed by atoms with E-state index in [0.717, 1.165) is 12.0 Å². The van der Waals surface area contributed by atoms with Gasteiger partial charge in [-0.25, -0.2) is 4.68 Å². The largest absolute Gasteiger partial charge is 0.274 e. The van der Waals surface area contributed by atoms with E-state index in [1.807, 2.05) is 48.6 Å². The van der Waals surface area contributed by atoms with Crippen molar-refractivity contribution in [3.05, 3.63) is 77.6 Å². The molecule has 1 aliphatic rings. The Hall–Kier alpha value is -2.95. The number of nitrogens with zero attached hydrogens (tertiary/aromatic N) is 4. The fourth-order valence-electron chi connectivity index (χ4n) is 3.81. The van der Waals surface area contributed by atoms with Gasteiger partial charge in [0.15, 0.2) is 0 Å². The molecule has 5 nitrogen and oxygen atoms in total. The third-order valence-corrected chi connectivity index (χ3v) is 5.33. The first-order chi connectivity index (χ1) is 13.4. The first kappa shape index (κ1) is 18.4. The number of hydrogen-bond donors (Lipinski definition) is 0. The summed E-state index contributed by atoms with van der Waals surface area (Å²) in [5.74, 6) is 0.671. The zero-order valence-corrected chi connectivity index (χ0v) is 16.8. The summed E-state index contributed by atoms with van der Waals surface area (Å²) in [6.45, 7) is 7.93. The number of carbonyl (C=O) groups is 1. The zero-order valence-electron chi connectivity index (χ0n) is 16.8. The van der Waals surface area contributed by atoms with Gasteiger partial charge >= 0.3 is 0 Å². The number of carbonyl (C=O) groups excluding carboxylic acids is 1. The number of aromatic nitrogens is 3. The summed E-state index contributed by atoms with van der Waals surface area (Å²) in [5, 5.41) is 4.48. The molecule has 0 saturated carbocycles. The van der Waals surface area contributed by atoms with Crippen LogP contribution in [0.2, 0.25) is 0 Å². The van der Waals surface area contributed by atoms with E-state index in [1.165, 1.54) is 11.1 Å². The van der Waals surface area contributed by atoms with Gasteiger partial charge in [-0.15, -0.1) is 0 Å². The van der Waals surface area contributed by atoms with Gasteiger partial charge in [0.05, 0.1) is 12.1 Å². The minimum absolute atomic E-state index is 0.0361. The first-order valence-electron chi connectivity index (χ1n) is 9.71. The molecule has 4 rings (SSSR count). The van der Waals surface area contributed by atoms with Crippen molar-refractivity contribution in [3.8, 4) is 0 Å². The average molecular weight is 374 g/mol. The molecular formula is C23H26N4O. The van der Waals surface area contributed by atoms with Crippen molar-refractivity contribution in [2.75, 3.05) is 4.90 Å². The molecule has 0 saturated heterocycles. The Bertz CT molecular complexity index is 970. The normalized spacial score (nSPS) is 19.4. The lowest BCUT2D eigenvalue weighted by atomic mass is 9.88. The Balaban J connectivity index is 1.86. The van der Waals surface area contributed by atoms with E-state index in [2.05, 4.69) is 53.4 Å². The molecule has 1 aliphatic heterocycles. The van der Waals surface area contributed by atoms with Crippen LogP contribution in [0.15, 0.2) is 60.9 Å². The summed E-state index contributed by atoms with van der Waals surface area (Å²) in [4.78, 5) is 19.8. The summed E-state index contributed by atoms with van der Waals surface area (Å²) in [6, 6.07) is 18.7. The van der Waals surface area contributed by atoms with Gasteiger partial charge in [-0.2, -0.15) is 10.1 Å². The fourth-order valence-corrected chi connectivity index (χ4v) is 3.81. The van der Waals surface area contributed by atoms with Crippen LogP contribution in [0.1, 0.15) is 56.0 Å². The lowest BCUT2D eigenvalue weighted by Crippen LogP contribution is -2.47. The second-order valence-corrected chi connectivity index (χ2v) is 8.52. The van der Waals surface area contributed by atoms with E-state index >= 15 is 0 Å². The first-order valence-corrected chi connectivity index (χ1v) is 9.71. The van der Waals surface area contributed by atoms with Crippen LogP contribution >= 0.6 is 0 Å². The van der Waals surface area contributed by atoms with Gasteiger partial charge in [0.1, 0.15) is 6.33 Å². The SMILES string of the molecule is Cc1ccc([C@@H]2C[C@H](c3ccccc3)n3ncnc3N2C(=O)C(C)(C)C)cc1. The van der Waals surface area contributed by atoms with E-state index in [4.69, 9.17) is 0 Å². The van der Waals surface area contributed by atoms with Gasteiger partial charge in [0.2, 0.25) is 11.9 Å². The molecule has 3 aromatic rings. The van der Waals surface area contributed by atoms with Crippen molar-refractivity contribution in [1.82, 2.24) is 14.8 Å². The number of aryl methyl sites for hydroxylation is 1. The second-order valence-electron chi connectivity index (χ2n) is 8.52. The third-order valence-electron chi connectivity index (χ3n) is 5.33. The molecule has 144 valence electrons. The molecule has 5 heteroatoms. The van der Waals surface area contributed by atoms with Gasteiger partial charge in [-0.05, 0) is 24.5 Å². The van der Waals surface area contributed by atoms with E-state index in [9.17, 15) is 4.79 Å². The third kappa shape index (κ3) is 3.21. The number of benzene rings is 2. The molecule has 0 fully saturated rings. The van der Waals surface area contributed by atoms with Crippen LogP contribution in [-0.4, -0.2) is 20.7 Å². The highest BCUT2D eigenvalue weighted by Crippen LogP contribution is 2.43. The predicted molar refractivity (Wildman–Crippen MR) is 110 cm³/mol. The van der Waals surface area contributed by atoms with Crippen molar-refractivity contribution >= 4 is 11.9 Å². The number of amides is 1. The molecule has 0 bridgehead atoms. The highest BCUT2D eigenvalue weighted by molar-refractivity contribution is 5.96. The number of rotatable bonds is 2. The molecule has 0 N–H and O–H groups in total. The second kappa shape index (κ2) is 6.89. The monoisotopic (exact) mass is 374 g/mol. The quantitative estimate of drug-likeness (QED) is 0.653. The molecule has 0 spiro atoms. The van der Waals surface area contributed by atoms with Gasteiger partial charge in [0.25, 0.3) is 0 Å². The van der Waals surface area contributed by atoms with Gasteiger partial charge in [0, 0.05) is 5.41 Å². The average Bonchev–Trinajstić information content (AvgIpc) is 3.16. The van der Waals surface area contributed by atoms with Gasteiger partial charge in [-0.3, -0.25) is 9.69 Å². The Kier molecular flexibility index (Phi) is 4.53. The maximum absolute atomic E-state index is 13.4. The molecule has 0 radical (unpaired) electrons.